The van der Waals surface area contributed by atoms with Gasteiger partial charge in [0.1, 0.15) is 0 Å². The number of benzene rings is 5. The number of halogens is 2. The number of nitrogens with one attached hydrogen (secondary N) is 4. The molecule has 0 unspecified atom stereocenters. The molecule has 50 heavy (non-hydrogen) atoms. The monoisotopic (exact) mass is 788 g/mol. The van der Waals surface area contributed by atoms with Gasteiger partial charge in [0, 0.05) is 60.0 Å². The lowest BCUT2D eigenvalue weighted by Crippen LogP contribution is -2.31. The number of fused-ring (bicyclic) bond motifs is 8. The summed E-state index contributed by atoms with van der Waals surface area (Å²) in [6.45, 7) is 2.71. The molecule has 8 nitrogen and oxygen atoms in total. The Morgan fingerprint density at radius 3 is 2.12 bits per heavy atom. The molecule has 0 fully saturated rings. The molecule has 0 aliphatic carbocycles. The molecule has 0 saturated heterocycles. The van der Waals surface area contributed by atoms with E-state index >= 15 is 0 Å². The smallest absolute Gasteiger partial charge is 0.254 e. The second-order valence-corrected chi connectivity index (χ2v) is 14.5. The maximum Gasteiger partial charge on any atom is 0.254 e. The van der Waals surface area contributed by atoms with Crippen molar-refractivity contribution < 1.29 is 9.59 Å². The Balaban J connectivity index is 0.893. The van der Waals surface area contributed by atoms with E-state index in [2.05, 4.69) is 82.6 Å². The third kappa shape index (κ3) is 5.91. The molecule has 0 saturated carbocycles. The van der Waals surface area contributed by atoms with Gasteiger partial charge in [-0.3, -0.25) is 9.59 Å². The average Bonchev–Trinajstić information content (AvgIpc) is 3.68. The SMILES string of the molecule is CN(CCCNC(=O)c1c2cc(Br)ccc2nc2c1[nH]c1ccccc12)CCCNC(=O)c1c2[nH]c3ccccc3c2cc2cccc(Br)c12. The van der Waals surface area contributed by atoms with Gasteiger partial charge < -0.3 is 25.5 Å². The number of pyridine rings is 1. The van der Waals surface area contributed by atoms with Crippen molar-refractivity contribution in [3.63, 3.8) is 0 Å². The minimum Gasteiger partial charge on any atom is -0.354 e. The molecule has 0 bridgehead atoms. The summed E-state index contributed by atoms with van der Waals surface area (Å²) < 4.78 is 1.79. The standard InChI is InChI=1S/C40H34Br2N6O2/c1-48(19-7-17-43-39(49)34-28-22-24(41)15-16-32(28)46-37-26-11-3-5-14-31(26)47-38(34)37)20-8-18-44-40(50)35-33-23(9-6-12-29(33)42)21-27-25-10-2-4-13-30(25)45-36(27)35/h2-6,9-16,21-22,45,47H,7-8,17-20H2,1H3,(H,43,49)(H,44,50). The van der Waals surface area contributed by atoms with Crippen LogP contribution in [0.4, 0.5) is 0 Å². The number of hydrogen-bond donors (Lipinski definition) is 4. The lowest BCUT2D eigenvalue weighted by molar-refractivity contribution is 0.0948. The van der Waals surface area contributed by atoms with E-state index in [1.165, 1.54) is 0 Å². The van der Waals surface area contributed by atoms with Gasteiger partial charge in [-0.05, 0) is 80.8 Å². The first kappa shape index (κ1) is 32.4. The number of hydrogen-bond acceptors (Lipinski definition) is 4. The van der Waals surface area contributed by atoms with Crippen LogP contribution < -0.4 is 10.6 Å². The Labute approximate surface area is 304 Å². The van der Waals surface area contributed by atoms with Gasteiger partial charge in [-0.25, -0.2) is 4.98 Å². The molecule has 10 heteroatoms. The van der Waals surface area contributed by atoms with Crippen molar-refractivity contribution in [1.82, 2.24) is 30.5 Å². The number of carbonyl (C=O) groups excluding carboxylic acids is 2. The van der Waals surface area contributed by atoms with Crippen LogP contribution in [0, 0.1) is 0 Å². The van der Waals surface area contributed by atoms with Gasteiger partial charge in [0.25, 0.3) is 11.8 Å². The van der Waals surface area contributed by atoms with Crippen LogP contribution in [0.5, 0.6) is 0 Å². The van der Waals surface area contributed by atoms with E-state index in [4.69, 9.17) is 4.98 Å². The highest BCUT2D eigenvalue weighted by atomic mass is 79.9. The molecule has 0 aliphatic heterocycles. The third-order valence-electron chi connectivity index (χ3n) is 9.44. The van der Waals surface area contributed by atoms with Gasteiger partial charge in [0.2, 0.25) is 0 Å². The minimum absolute atomic E-state index is 0.0934. The predicted molar refractivity (Wildman–Crippen MR) is 211 cm³/mol. The van der Waals surface area contributed by atoms with Crippen LogP contribution >= 0.6 is 31.9 Å². The molecular formula is C40H34Br2N6O2. The molecule has 0 atom stereocenters. The number of H-pyrrole nitrogens is 2. The third-order valence-corrected chi connectivity index (χ3v) is 10.6. The Morgan fingerprint density at radius 2 is 1.36 bits per heavy atom. The maximum absolute atomic E-state index is 13.8. The molecular weight excluding hydrogens is 756 g/mol. The van der Waals surface area contributed by atoms with Gasteiger partial charge >= 0.3 is 0 Å². The van der Waals surface area contributed by atoms with E-state index in [0.717, 1.165) is 100 Å². The van der Waals surface area contributed by atoms with Gasteiger partial charge in [-0.15, -0.1) is 0 Å². The largest absolute Gasteiger partial charge is 0.354 e. The van der Waals surface area contributed by atoms with Crippen molar-refractivity contribution in [1.29, 1.82) is 0 Å². The summed E-state index contributed by atoms with van der Waals surface area (Å²) in [6, 6.07) is 30.2. The van der Waals surface area contributed by atoms with Crippen molar-refractivity contribution in [3.05, 3.63) is 111 Å². The number of nitrogens with zero attached hydrogens (tertiary/aromatic N) is 2. The van der Waals surface area contributed by atoms with Crippen molar-refractivity contribution in [2.75, 3.05) is 33.2 Å². The Hall–Kier alpha value is -4.77. The van der Waals surface area contributed by atoms with Crippen LogP contribution in [0.1, 0.15) is 33.6 Å². The lowest BCUT2D eigenvalue weighted by atomic mass is 9.99. The van der Waals surface area contributed by atoms with Crippen molar-refractivity contribution >= 4 is 109 Å². The summed E-state index contributed by atoms with van der Waals surface area (Å²) in [4.78, 5) is 41.5. The number of aromatic nitrogens is 3. The second-order valence-electron chi connectivity index (χ2n) is 12.7. The lowest BCUT2D eigenvalue weighted by Gasteiger charge is -2.17. The van der Waals surface area contributed by atoms with E-state index < -0.39 is 0 Å². The minimum atomic E-state index is -0.124. The predicted octanol–water partition coefficient (Wildman–Crippen LogP) is 9.05. The maximum atomic E-state index is 13.8. The molecule has 8 rings (SSSR count). The van der Waals surface area contributed by atoms with Crippen molar-refractivity contribution in [3.8, 4) is 0 Å². The van der Waals surface area contributed by atoms with E-state index in [1.54, 1.807) is 0 Å². The number of aromatic amines is 2. The summed E-state index contributed by atoms with van der Waals surface area (Å²) in [6.07, 6.45) is 1.59. The molecule has 2 amide bonds. The summed E-state index contributed by atoms with van der Waals surface area (Å²) in [5.74, 6) is -0.217. The van der Waals surface area contributed by atoms with Crippen molar-refractivity contribution in [2.45, 2.75) is 12.8 Å². The highest BCUT2D eigenvalue weighted by Gasteiger charge is 2.21. The molecule has 3 aromatic heterocycles. The van der Waals surface area contributed by atoms with E-state index in [-0.39, 0.29) is 11.8 Å². The first-order valence-corrected chi connectivity index (χ1v) is 18.3. The van der Waals surface area contributed by atoms with Crippen LogP contribution in [0.3, 0.4) is 0 Å². The molecule has 3 heterocycles. The molecule has 0 aliphatic rings. The zero-order valence-electron chi connectivity index (χ0n) is 27.4. The molecule has 4 N–H and O–H groups in total. The normalized spacial score (nSPS) is 11.9. The quantitative estimate of drug-likeness (QED) is 0.104. The zero-order valence-corrected chi connectivity index (χ0v) is 30.5. The fraction of sp³-hybridized carbons (Fsp3) is 0.175. The average molecular weight is 791 g/mol. The number of rotatable bonds is 10. The molecule has 0 radical (unpaired) electrons. The van der Waals surface area contributed by atoms with Gasteiger partial charge in [-0.2, -0.15) is 0 Å². The van der Waals surface area contributed by atoms with Gasteiger partial charge in [0.05, 0.1) is 33.2 Å². The van der Waals surface area contributed by atoms with Crippen molar-refractivity contribution in [2.24, 2.45) is 0 Å². The Bertz CT molecular complexity index is 2610. The van der Waals surface area contributed by atoms with Gasteiger partial charge in [-0.1, -0.05) is 80.4 Å². The molecule has 250 valence electrons. The second kappa shape index (κ2) is 13.5. The Kier molecular flexibility index (Phi) is 8.76. The van der Waals surface area contributed by atoms with E-state index in [0.29, 0.717) is 24.2 Å². The van der Waals surface area contributed by atoms with Crippen LogP contribution in [0.2, 0.25) is 0 Å². The van der Waals surface area contributed by atoms with Crippen LogP contribution in [-0.2, 0) is 0 Å². The summed E-state index contributed by atoms with van der Waals surface area (Å²) in [5.41, 5.74) is 6.39. The fourth-order valence-corrected chi connectivity index (χ4v) is 8.00. The highest BCUT2D eigenvalue weighted by Crippen LogP contribution is 2.37. The fourth-order valence-electron chi connectivity index (χ4n) is 7.05. The molecule has 0 spiro atoms. The number of carbonyl (C=O) groups is 2. The number of amides is 2. The highest BCUT2D eigenvalue weighted by molar-refractivity contribution is 9.11. The van der Waals surface area contributed by atoms with Crippen LogP contribution in [0.15, 0.2) is 99.9 Å². The summed E-state index contributed by atoms with van der Waals surface area (Å²) in [5, 5.41) is 12.2. The first-order chi connectivity index (χ1) is 24.4. The Morgan fingerprint density at radius 1 is 0.700 bits per heavy atom. The topological polar surface area (TPSA) is 106 Å². The first-order valence-electron chi connectivity index (χ1n) is 16.7. The van der Waals surface area contributed by atoms with E-state index in [1.807, 2.05) is 72.8 Å². The van der Waals surface area contributed by atoms with Crippen LogP contribution in [0.25, 0.3) is 65.4 Å². The zero-order chi connectivity index (χ0) is 34.4. The summed E-state index contributed by atoms with van der Waals surface area (Å²) >= 11 is 7.26. The summed E-state index contributed by atoms with van der Waals surface area (Å²) in [7, 11) is 2.07. The van der Waals surface area contributed by atoms with E-state index in [9.17, 15) is 9.59 Å². The van der Waals surface area contributed by atoms with Gasteiger partial charge in [0.15, 0.2) is 0 Å². The number of para-hydroxylation sites is 2. The molecule has 8 aromatic rings. The van der Waals surface area contributed by atoms with Crippen LogP contribution in [-0.4, -0.2) is 64.9 Å². The molecule has 5 aromatic carbocycles.